The second-order valence-corrected chi connectivity index (χ2v) is 6.94. The molecule has 2 aromatic carbocycles. The van der Waals surface area contributed by atoms with Gasteiger partial charge in [0.05, 0.1) is 12.0 Å². The first-order chi connectivity index (χ1) is 11.2. The standard InChI is InChI=1S/C16H16ClNO5S/c1-10(12-5-3-4-6-14(12)17)23-16(19)13-9-11(24(18,20)21)7-8-15(13)22-2/h3-10H,1-2H3,(H2,18,20,21)/t10-/m1/s1. The smallest absolute Gasteiger partial charge is 0.342 e. The number of carbonyl (C=O) groups is 1. The van der Waals surface area contributed by atoms with Gasteiger partial charge in [-0.15, -0.1) is 0 Å². The molecule has 2 rings (SSSR count). The molecule has 1 atom stereocenters. The molecule has 0 aliphatic heterocycles. The van der Waals surface area contributed by atoms with Crippen LogP contribution in [-0.2, 0) is 14.8 Å². The summed E-state index contributed by atoms with van der Waals surface area (Å²) in [5.41, 5.74) is 0.594. The molecule has 0 amide bonds. The van der Waals surface area contributed by atoms with Crippen molar-refractivity contribution in [2.24, 2.45) is 5.14 Å². The predicted molar refractivity (Wildman–Crippen MR) is 89.6 cm³/mol. The van der Waals surface area contributed by atoms with Gasteiger partial charge >= 0.3 is 5.97 Å². The lowest BCUT2D eigenvalue weighted by atomic mass is 10.1. The highest BCUT2D eigenvalue weighted by Gasteiger charge is 2.21. The fraction of sp³-hybridized carbons (Fsp3) is 0.188. The van der Waals surface area contributed by atoms with Crippen molar-refractivity contribution in [2.45, 2.75) is 17.9 Å². The van der Waals surface area contributed by atoms with E-state index in [0.717, 1.165) is 6.07 Å². The molecule has 0 aliphatic carbocycles. The molecule has 0 bridgehead atoms. The summed E-state index contributed by atoms with van der Waals surface area (Å²) in [6.45, 7) is 1.66. The van der Waals surface area contributed by atoms with Gasteiger partial charge in [-0.2, -0.15) is 0 Å². The fourth-order valence-corrected chi connectivity index (χ4v) is 2.95. The lowest BCUT2D eigenvalue weighted by Gasteiger charge is -2.16. The number of nitrogens with two attached hydrogens (primary N) is 1. The van der Waals surface area contributed by atoms with Gasteiger partial charge in [-0.05, 0) is 31.2 Å². The second kappa shape index (κ2) is 7.21. The lowest BCUT2D eigenvalue weighted by Crippen LogP contribution is -2.15. The van der Waals surface area contributed by atoms with Gasteiger partial charge in [0, 0.05) is 10.6 Å². The van der Waals surface area contributed by atoms with E-state index in [9.17, 15) is 13.2 Å². The summed E-state index contributed by atoms with van der Waals surface area (Å²) in [7, 11) is -2.59. The van der Waals surface area contributed by atoms with Crippen LogP contribution in [0.25, 0.3) is 0 Å². The zero-order valence-electron chi connectivity index (χ0n) is 13.0. The Morgan fingerprint density at radius 3 is 2.46 bits per heavy atom. The maximum Gasteiger partial charge on any atom is 0.342 e. The molecule has 0 heterocycles. The normalized spacial score (nSPS) is 12.5. The van der Waals surface area contributed by atoms with E-state index in [2.05, 4.69) is 0 Å². The van der Waals surface area contributed by atoms with Crippen LogP contribution in [-0.4, -0.2) is 21.5 Å². The average molecular weight is 370 g/mol. The number of methoxy groups -OCH3 is 1. The van der Waals surface area contributed by atoms with E-state index in [1.165, 1.54) is 19.2 Å². The Kier molecular flexibility index (Phi) is 5.48. The van der Waals surface area contributed by atoms with Crippen LogP contribution in [0, 0.1) is 0 Å². The van der Waals surface area contributed by atoms with Gasteiger partial charge in [-0.1, -0.05) is 29.8 Å². The van der Waals surface area contributed by atoms with Crippen molar-refractivity contribution in [3.63, 3.8) is 0 Å². The second-order valence-electron chi connectivity index (χ2n) is 4.98. The Balaban J connectivity index is 2.34. The lowest BCUT2D eigenvalue weighted by molar-refractivity contribution is 0.0334. The minimum atomic E-state index is -3.96. The maximum absolute atomic E-state index is 12.4. The van der Waals surface area contributed by atoms with Crippen LogP contribution in [0.1, 0.15) is 28.9 Å². The van der Waals surface area contributed by atoms with Gasteiger partial charge in [-0.3, -0.25) is 0 Å². The number of primary sulfonamides is 1. The minimum absolute atomic E-state index is 0.0390. The van der Waals surface area contributed by atoms with E-state index in [4.69, 9.17) is 26.2 Å². The Morgan fingerprint density at radius 2 is 1.88 bits per heavy atom. The number of benzene rings is 2. The molecule has 6 nitrogen and oxygen atoms in total. The maximum atomic E-state index is 12.4. The summed E-state index contributed by atoms with van der Waals surface area (Å²) in [6, 6.07) is 10.7. The molecule has 0 spiro atoms. The summed E-state index contributed by atoms with van der Waals surface area (Å²) in [5, 5.41) is 5.55. The summed E-state index contributed by atoms with van der Waals surface area (Å²) in [4.78, 5) is 12.2. The predicted octanol–water partition coefficient (Wildman–Crippen LogP) is 2.91. The Morgan fingerprint density at radius 1 is 1.21 bits per heavy atom. The van der Waals surface area contributed by atoms with Crippen LogP contribution < -0.4 is 9.88 Å². The molecule has 24 heavy (non-hydrogen) atoms. The number of hydrogen-bond donors (Lipinski definition) is 1. The molecule has 0 radical (unpaired) electrons. The Bertz CT molecular complexity index is 867. The molecule has 0 saturated carbocycles. The third-order valence-corrected chi connectivity index (χ3v) is 4.60. The van der Waals surface area contributed by atoms with Crippen molar-refractivity contribution in [3.8, 4) is 5.75 Å². The number of rotatable bonds is 5. The fourth-order valence-electron chi connectivity index (χ4n) is 2.12. The van der Waals surface area contributed by atoms with Gasteiger partial charge in [0.1, 0.15) is 17.4 Å². The van der Waals surface area contributed by atoms with Crippen LogP contribution in [0.15, 0.2) is 47.4 Å². The van der Waals surface area contributed by atoms with E-state index in [-0.39, 0.29) is 16.2 Å². The number of halogens is 1. The Labute approximate surface area is 145 Å². The SMILES string of the molecule is COc1ccc(S(N)(=O)=O)cc1C(=O)O[C@H](C)c1ccccc1Cl. The van der Waals surface area contributed by atoms with Crippen LogP contribution in [0.2, 0.25) is 5.02 Å². The van der Waals surface area contributed by atoms with E-state index in [0.29, 0.717) is 10.6 Å². The van der Waals surface area contributed by atoms with Crippen LogP contribution in [0.3, 0.4) is 0 Å². The van der Waals surface area contributed by atoms with E-state index >= 15 is 0 Å². The number of hydrogen-bond acceptors (Lipinski definition) is 5. The molecule has 2 aromatic rings. The number of sulfonamides is 1. The molecule has 0 aliphatic rings. The number of esters is 1. The highest BCUT2D eigenvalue weighted by Crippen LogP contribution is 2.28. The molecular formula is C16H16ClNO5S. The first kappa shape index (κ1) is 18.3. The third-order valence-electron chi connectivity index (χ3n) is 3.35. The zero-order chi connectivity index (χ0) is 17.9. The van der Waals surface area contributed by atoms with Crippen molar-refractivity contribution in [1.82, 2.24) is 0 Å². The average Bonchev–Trinajstić information content (AvgIpc) is 2.53. The van der Waals surface area contributed by atoms with Gasteiger partial charge < -0.3 is 9.47 Å². The van der Waals surface area contributed by atoms with Crippen molar-refractivity contribution < 1.29 is 22.7 Å². The van der Waals surface area contributed by atoms with Gasteiger partial charge in [0.2, 0.25) is 10.0 Å². The van der Waals surface area contributed by atoms with Crippen LogP contribution in [0.4, 0.5) is 0 Å². The molecule has 0 unspecified atom stereocenters. The highest BCUT2D eigenvalue weighted by molar-refractivity contribution is 7.89. The van der Waals surface area contributed by atoms with E-state index in [1.54, 1.807) is 31.2 Å². The summed E-state index contributed by atoms with van der Waals surface area (Å²) < 4.78 is 33.4. The summed E-state index contributed by atoms with van der Waals surface area (Å²) >= 11 is 6.08. The molecule has 0 aromatic heterocycles. The van der Waals surface area contributed by atoms with Crippen molar-refractivity contribution in [3.05, 3.63) is 58.6 Å². The van der Waals surface area contributed by atoms with Gasteiger partial charge in [0.25, 0.3) is 0 Å². The molecule has 2 N–H and O–H groups in total. The molecule has 0 saturated heterocycles. The van der Waals surface area contributed by atoms with Crippen LogP contribution in [0.5, 0.6) is 5.75 Å². The molecule has 8 heteroatoms. The quantitative estimate of drug-likeness (QED) is 0.817. The molecular weight excluding hydrogens is 354 g/mol. The highest BCUT2D eigenvalue weighted by atomic mass is 35.5. The number of carbonyl (C=O) groups excluding carboxylic acids is 1. The van der Waals surface area contributed by atoms with Gasteiger partial charge in [0.15, 0.2) is 0 Å². The zero-order valence-corrected chi connectivity index (χ0v) is 14.6. The van der Waals surface area contributed by atoms with E-state index < -0.39 is 22.1 Å². The van der Waals surface area contributed by atoms with Crippen molar-refractivity contribution in [2.75, 3.05) is 7.11 Å². The monoisotopic (exact) mass is 369 g/mol. The first-order valence-corrected chi connectivity index (χ1v) is 8.82. The number of ether oxygens (including phenoxy) is 2. The largest absolute Gasteiger partial charge is 0.496 e. The minimum Gasteiger partial charge on any atom is -0.496 e. The van der Waals surface area contributed by atoms with Crippen molar-refractivity contribution in [1.29, 1.82) is 0 Å². The topological polar surface area (TPSA) is 95.7 Å². The molecule has 0 fully saturated rings. The van der Waals surface area contributed by atoms with Crippen LogP contribution >= 0.6 is 11.6 Å². The summed E-state index contributed by atoms with van der Waals surface area (Å²) in [6.07, 6.45) is -0.631. The molecule has 128 valence electrons. The van der Waals surface area contributed by atoms with E-state index in [1.807, 2.05) is 0 Å². The third kappa shape index (κ3) is 4.05. The van der Waals surface area contributed by atoms with Crippen molar-refractivity contribution >= 4 is 27.6 Å². The van der Waals surface area contributed by atoms with Gasteiger partial charge in [-0.25, -0.2) is 18.4 Å². The first-order valence-electron chi connectivity index (χ1n) is 6.90. The summed E-state index contributed by atoms with van der Waals surface area (Å²) in [5.74, 6) is -0.566. The Hall–Kier alpha value is -2.09.